The molecule has 99 valence electrons. The second-order valence-electron chi connectivity index (χ2n) is 3.82. The third-order valence-electron chi connectivity index (χ3n) is 2.47. The van der Waals surface area contributed by atoms with Crippen molar-refractivity contribution in [3.8, 4) is 0 Å². The Morgan fingerprint density at radius 3 is 2.05 bits per heavy atom. The molecule has 0 spiro atoms. The third-order valence-corrected chi connectivity index (χ3v) is 3.86. The van der Waals surface area contributed by atoms with E-state index < -0.39 is 16.8 Å². The van der Waals surface area contributed by atoms with Gasteiger partial charge in [0, 0.05) is 11.4 Å². The first-order valence-corrected chi connectivity index (χ1v) is 7.10. The zero-order chi connectivity index (χ0) is 13.7. The highest BCUT2D eigenvalue weighted by Gasteiger charge is 2.13. The Kier molecular flexibility index (Phi) is 4.03. The molecule has 6 heteroatoms. The van der Waals surface area contributed by atoms with Gasteiger partial charge in [0.15, 0.2) is 6.73 Å². The van der Waals surface area contributed by atoms with Crippen molar-refractivity contribution in [2.45, 2.75) is 4.90 Å². The number of hydrogen-bond acceptors (Lipinski definition) is 3. The maximum Gasteiger partial charge on any atom is 0.261 e. The van der Waals surface area contributed by atoms with E-state index in [-0.39, 0.29) is 4.90 Å². The molecular weight excluding hydrogens is 264 g/mol. The Balaban J connectivity index is 2.20. The predicted molar refractivity (Wildman–Crippen MR) is 72.9 cm³/mol. The Morgan fingerprint density at radius 1 is 0.842 bits per heavy atom. The van der Waals surface area contributed by atoms with E-state index >= 15 is 0 Å². The molecule has 19 heavy (non-hydrogen) atoms. The minimum absolute atomic E-state index is 0.146. The predicted octanol–water partition coefficient (Wildman–Crippen LogP) is 2.29. The van der Waals surface area contributed by atoms with Crippen LogP contribution in [0.3, 0.4) is 0 Å². The van der Waals surface area contributed by atoms with E-state index in [0.29, 0.717) is 11.4 Å². The fourth-order valence-corrected chi connectivity index (χ4v) is 2.61. The van der Waals surface area contributed by atoms with Crippen LogP contribution in [0.4, 0.5) is 11.4 Å². The normalized spacial score (nSPS) is 11.0. The van der Waals surface area contributed by atoms with Gasteiger partial charge >= 0.3 is 0 Å². The molecule has 0 aromatic heterocycles. The van der Waals surface area contributed by atoms with Crippen LogP contribution in [0.2, 0.25) is 0 Å². The maximum atomic E-state index is 12.1. The second-order valence-corrected chi connectivity index (χ2v) is 5.50. The lowest BCUT2D eigenvalue weighted by atomic mass is 10.3. The molecule has 0 heterocycles. The largest absolute Gasteiger partial charge is 0.360 e. The summed E-state index contributed by atoms with van der Waals surface area (Å²) in [6.07, 6.45) is 0. The molecule has 5 nitrogen and oxygen atoms in total. The fraction of sp³-hybridized carbons (Fsp3) is 0.0769. The zero-order valence-electron chi connectivity index (χ0n) is 10.0. The third kappa shape index (κ3) is 3.46. The lowest BCUT2D eigenvalue weighted by Crippen LogP contribution is -2.12. The second kappa shape index (κ2) is 5.73. The van der Waals surface area contributed by atoms with Gasteiger partial charge in [0.2, 0.25) is 0 Å². The molecule has 0 aliphatic carbocycles. The smallest absolute Gasteiger partial charge is 0.261 e. The van der Waals surface area contributed by atoms with Gasteiger partial charge in [-0.3, -0.25) is 4.72 Å². The number of anilines is 2. The van der Waals surface area contributed by atoms with Gasteiger partial charge in [0.1, 0.15) is 0 Å². The summed E-state index contributed by atoms with van der Waals surface area (Å²) >= 11 is 0. The van der Waals surface area contributed by atoms with E-state index in [1.165, 1.54) is 12.1 Å². The van der Waals surface area contributed by atoms with Crippen LogP contribution in [-0.4, -0.2) is 15.1 Å². The van der Waals surface area contributed by atoms with Crippen LogP contribution in [0.25, 0.3) is 0 Å². The van der Waals surface area contributed by atoms with Gasteiger partial charge in [-0.2, -0.15) is 0 Å². The van der Waals surface area contributed by atoms with Crippen LogP contribution in [-0.2, 0) is 15.1 Å². The summed E-state index contributed by atoms with van der Waals surface area (Å²) in [6, 6.07) is 14.6. The molecule has 2 aromatic carbocycles. The van der Waals surface area contributed by atoms with Crippen molar-refractivity contribution in [1.82, 2.24) is 0 Å². The molecule has 0 saturated carbocycles. The number of nitrogens with one attached hydrogen (secondary N) is 2. The van der Waals surface area contributed by atoms with Crippen molar-refractivity contribution in [2.75, 3.05) is 16.8 Å². The summed E-state index contributed by atoms with van der Waals surface area (Å²) in [5, 5.41) is 12.9. The fourth-order valence-electron chi connectivity index (χ4n) is 1.56. The first kappa shape index (κ1) is 13.4. The number of benzene rings is 2. The van der Waals surface area contributed by atoms with Crippen LogP contribution >= 0.6 is 0 Å². The van der Waals surface area contributed by atoms with Crippen LogP contribution in [0.15, 0.2) is 59.5 Å². The van der Waals surface area contributed by atoms with Gasteiger partial charge in [-0.15, -0.1) is 0 Å². The molecule has 0 fully saturated rings. The molecule has 0 aliphatic rings. The number of rotatable bonds is 5. The van der Waals surface area contributed by atoms with Crippen molar-refractivity contribution >= 4 is 21.4 Å². The standard InChI is InChI=1S/C13H13N2O3S/c16-10-14-11-6-8-13(9-7-11)19(17,18)15-12-4-2-1-3-5-12/h1-9,14-15H,10H2. The van der Waals surface area contributed by atoms with Gasteiger partial charge in [-0.1, -0.05) is 18.2 Å². The van der Waals surface area contributed by atoms with Crippen molar-refractivity contribution in [1.29, 1.82) is 0 Å². The first-order valence-electron chi connectivity index (χ1n) is 5.62. The Hall–Kier alpha value is -2.05. The minimum atomic E-state index is -3.60. The molecule has 2 aromatic rings. The molecule has 0 amide bonds. The van der Waals surface area contributed by atoms with Crippen LogP contribution in [0.5, 0.6) is 0 Å². The van der Waals surface area contributed by atoms with Gasteiger partial charge in [0.25, 0.3) is 10.0 Å². The molecule has 0 aliphatic heterocycles. The quantitative estimate of drug-likeness (QED) is 0.823. The average molecular weight is 277 g/mol. The first-order chi connectivity index (χ1) is 9.12. The number of sulfonamides is 1. The molecule has 0 atom stereocenters. The molecule has 0 saturated heterocycles. The Bertz CT molecular complexity index is 625. The molecule has 1 radical (unpaired) electrons. The van der Waals surface area contributed by atoms with Gasteiger partial charge in [-0.25, -0.2) is 13.5 Å². The summed E-state index contributed by atoms with van der Waals surface area (Å²) < 4.78 is 26.6. The van der Waals surface area contributed by atoms with Gasteiger partial charge < -0.3 is 5.32 Å². The van der Waals surface area contributed by atoms with E-state index in [1.54, 1.807) is 42.5 Å². The lowest BCUT2D eigenvalue weighted by Gasteiger charge is -2.08. The van der Waals surface area contributed by atoms with Crippen LogP contribution < -0.4 is 10.0 Å². The monoisotopic (exact) mass is 277 g/mol. The highest BCUT2D eigenvalue weighted by atomic mass is 32.2. The number of hydrogen-bond donors (Lipinski definition) is 2. The van der Waals surface area contributed by atoms with Crippen molar-refractivity contribution in [3.63, 3.8) is 0 Å². The number of para-hydroxylation sites is 1. The highest BCUT2D eigenvalue weighted by molar-refractivity contribution is 7.92. The Morgan fingerprint density at radius 2 is 1.47 bits per heavy atom. The van der Waals surface area contributed by atoms with E-state index in [9.17, 15) is 13.5 Å². The minimum Gasteiger partial charge on any atom is -0.360 e. The van der Waals surface area contributed by atoms with Gasteiger partial charge in [-0.05, 0) is 36.4 Å². The van der Waals surface area contributed by atoms with Crippen LogP contribution in [0, 0.1) is 0 Å². The van der Waals surface area contributed by atoms with Crippen molar-refractivity contribution in [3.05, 3.63) is 54.6 Å². The van der Waals surface area contributed by atoms with E-state index in [2.05, 4.69) is 10.0 Å². The van der Waals surface area contributed by atoms with E-state index in [0.717, 1.165) is 0 Å². The van der Waals surface area contributed by atoms with Gasteiger partial charge in [0.05, 0.1) is 4.90 Å². The lowest BCUT2D eigenvalue weighted by molar-refractivity contribution is 0.218. The molecular formula is C13H13N2O3S. The molecule has 0 bridgehead atoms. The average Bonchev–Trinajstić information content (AvgIpc) is 2.40. The summed E-state index contributed by atoms with van der Waals surface area (Å²) in [6.45, 7) is -0.450. The zero-order valence-corrected chi connectivity index (χ0v) is 10.9. The SMILES string of the molecule is [O]CNc1ccc(S(=O)(=O)Nc2ccccc2)cc1. The van der Waals surface area contributed by atoms with Crippen molar-refractivity contribution in [2.24, 2.45) is 0 Å². The van der Waals surface area contributed by atoms with Crippen LogP contribution in [0.1, 0.15) is 0 Å². The summed E-state index contributed by atoms with van der Waals surface area (Å²) in [7, 11) is -3.60. The Labute approximate surface area is 112 Å². The molecule has 2 rings (SSSR count). The molecule has 2 N–H and O–H groups in total. The highest BCUT2D eigenvalue weighted by Crippen LogP contribution is 2.17. The van der Waals surface area contributed by atoms with E-state index in [4.69, 9.17) is 0 Å². The summed E-state index contributed by atoms with van der Waals surface area (Å²) in [4.78, 5) is 0.146. The topological polar surface area (TPSA) is 78.1 Å². The summed E-state index contributed by atoms with van der Waals surface area (Å²) in [5.74, 6) is 0. The van der Waals surface area contributed by atoms with Crippen molar-refractivity contribution < 1.29 is 13.5 Å². The summed E-state index contributed by atoms with van der Waals surface area (Å²) in [5.41, 5.74) is 1.10. The molecule has 0 unspecified atom stereocenters. The maximum absolute atomic E-state index is 12.1. The van der Waals surface area contributed by atoms with E-state index in [1.807, 2.05) is 0 Å².